The Bertz CT molecular complexity index is 588. The molecule has 0 saturated carbocycles. The fourth-order valence-electron chi connectivity index (χ4n) is 1.56. The maximum Gasteiger partial charge on any atom is 0.328 e. The number of hydrogen-bond donors (Lipinski definition) is 2. The first-order valence-corrected chi connectivity index (χ1v) is 5.60. The van der Waals surface area contributed by atoms with Crippen molar-refractivity contribution in [3.63, 3.8) is 0 Å². The summed E-state index contributed by atoms with van der Waals surface area (Å²) in [5.74, 6) is -1.02. The number of imide groups is 2. The molecule has 1 heterocycles. The van der Waals surface area contributed by atoms with Crippen LogP contribution in [0.25, 0.3) is 6.08 Å². The highest BCUT2D eigenvalue weighted by molar-refractivity contribution is 6.32. The van der Waals surface area contributed by atoms with Gasteiger partial charge in [0.05, 0.1) is 7.11 Å². The lowest BCUT2D eigenvalue weighted by Gasteiger charge is -2.14. The van der Waals surface area contributed by atoms with Gasteiger partial charge < -0.3 is 4.74 Å². The van der Waals surface area contributed by atoms with Crippen molar-refractivity contribution in [2.75, 3.05) is 7.11 Å². The molecule has 0 atom stereocenters. The van der Waals surface area contributed by atoms with Gasteiger partial charge in [-0.15, -0.1) is 0 Å². The van der Waals surface area contributed by atoms with Gasteiger partial charge in [0.15, 0.2) is 0 Å². The molecule has 19 heavy (non-hydrogen) atoms. The number of carbonyl (C=O) groups is 3. The van der Waals surface area contributed by atoms with E-state index < -0.39 is 17.8 Å². The molecule has 0 radical (unpaired) electrons. The maximum absolute atomic E-state index is 11.5. The van der Waals surface area contributed by atoms with Crippen LogP contribution in [0.3, 0.4) is 0 Å². The van der Waals surface area contributed by atoms with Gasteiger partial charge in [-0.2, -0.15) is 0 Å². The first-order valence-electron chi connectivity index (χ1n) is 5.22. The number of rotatable bonds is 2. The van der Waals surface area contributed by atoms with Crippen molar-refractivity contribution in [3.8, 4) is 5.75 Å². The van der Waals surface area contributed by atoms with Crippen molar-refractivity contribution in [1.29, 1.82) is 0 Å². The molecule has 4 amide bonds. The van der Waals surface area contributed by atoms with Crippen LogP contribution in [0.4, 0.5) is 4.79 Å². The highest BCUT2D eigenvalue weighted by Gasteiger charge is 2.27. The number of amides is 4. The summed E-state index contributed by atoms with van der Waals surface area (Å²) in [4.78, 5) is 34.0. The molecule has 0 aliphatic carbocycles. The third kappa shape index (κ3) is 2.92. The third-order valence-corrected chi connectivity index (χ3v) is 2.60. The Kier molecular flexibility index (Phi) is 3.52. The lowest BCUT2D eigenvalue weighted by atomic mass is 10.1. The molecule has 6 nitrogen and oxygen atoms in total. The van der Waals surface area contributed by atoms with Crippen molar-refractivity contribution < 1.29 is 19.1 Å². The molecule has 0 spiro atoms. The zero-order valence-corrected chi connectivity index (χ0v) is 10.6. The van der Waals surface area contributed by atoms with Gasteiger partial charge in [0, 0.05) is 5.02 Å². The van der Waals surface area contributed by atoms with E-state index >= 15 is 0 Å². The summed E-state index contributed by atoms with van der Waals surface area (Å²) < 4.78 is 5.03. The largest absolute Gasteiger partial charge is 0.497 e. The number of benzene rings is 1. The Morgan fingerprint density at radius 2 is 1.74 bits per heavy atom. The molecule has 0 aromatic heterocycles. The average molecular weight is 281 g/mol. The molecule has 0 bridgehead atoms. The van der Waals surface area contributed by atoms with Crippen molar-refractivity contribution >= 4 is 35.5 Å². The van der Waals surface area contributed by atoms with E-state index in [0.717, 1.165) is 0 Å². The van der Waals surface area contributed by atoms with Crippen LogP contribution in [-0.2, 0) is 9.59 Å². The van der Waals surface area contributed by atoms with E-state index in [1.807, 2.05) is 10.6 Å². The summed E-state index contributed by atoms with van der Waals surface area (Å²) in [7, 11) is 1.47. The third-order valence-electron chi connectivity index (χ3n) is 2.38. The number of methoxy groups -OCH3 is 1. The summed E-state index contributed by atoms with van der Waals surface area (Å²) in [6.07, 6.45) is 1.32. The molecule has 7 heteroatoms. The Morgan fingerprint density at radius 3 is 2.32 bits per heavy atom. The molecule has 1 fully saturated rings. The zero-order chi connectivity index (χ0) is 14.0. The van der Waals surface area contributed by atoms with Crippen LogP contribution in [0.1, 0.15) is 5.56 Å². The molecule has 1 aromatic carbocycles. The summed E-state index contributed by atoms with van der Waals surface area (Å²) in [5.41, 5.74) is 0.336. The topological polar surface area (TPSA) is 84.5 Å². The zero-order valence-electron chi connectivity index (χ0n) is 9.82. The monoisotopic (exact) mass is 280 g/mol. The van der Waals surface area contributed by atoms with Crippen LogP contribution in [0.2, 0.25) is 5.02 Å². The summed E-state index contributed by atoms with van der Waals surface area (Å²) in [6.45, 7) is 0. The fraction of sp³-hybridized carbons (Fsp3) is 0.0833. The number of halogens is 1. The minimum Gasteiger partial charge on any atom is -0.497 e. The Morgan fingerprint density at radius 1 is 1.11 bits per heavy atom. The van der Waals surface area contributed by atoms with E-state index in [2.05, 4.69) is 0 Å². The van der Waals surface area contributed by atoms with Crippen LogP contribution in [-0.4, -0.2) is 25.0 Å². The van der Waals surface area contributed by atoms with Crippen molar-refractivity contribution in [1.82, 2.24) is 10.6 Å². The highest BCUT2D eigenvalue weighted by atomic mass is 35.5. The van der Waals surface area contributed by atoms with Gasteiger partial charge in [0.2, 0.25) is 0 Å². The number of barbiturate groups is 1. The number of carbonyl (C=O) groups excluding carboxylic acids is 3. The fourth-order valence-corrected chi connectivity index (χ4v) is 1.79. The molecular weight excluding hydrogens is 272 g/mol. The minimum atomic E-state index is -0.837. The van der Waals surface area contributed by atoms with Crippen LogP contribution < -0.4 is 15.4 Å². The molecule has 0 unspecified atom stereocenters. The van der Waals surface area contributed by atoms with Crippen molar-refractivity contribution in [2.45, 2.75) is 0 Å². The molecule has 1 aliphatic rings. The first kappa shape index (κ1) is 13.1. The maximum atomic E-state index is 11.5. The standard InChI is InChI=1S/C12H9ClN2O4/c1-19-8-3-6(2-7(13)5-8)4-9-10(16)14-12(18)15-11(9)17/h2-5H,1H3,(H2,14,15,16,17,18). The van der Waals surface area contributed by atoms with E-state index in [1.165, 1.54) is 13.2 Å². The summed E-state index contributed by atoms with van der Waals surface area (Å²) >= 11 is 5.88. The smallest absolute Gasteiger partial charge is 0.328 e. The first-order chi connectivity index (χ1) is 8.99. The van der Waals surface area contributed by atoms with Gasteiger partial charge in [0.25, 0.3) is 11.8 Å². The molecule has 1 aromatic rings. The summed E-state index contributed by atoms with van der Waals surface area (Å²) in [5, 5.41) is 4.36. The van der Waals surface area contributed by atoms with E-state index in [4.69, 9.17) is 16.3 Å². The molecular formula is C12H9ClN2O4. The summed E-state index contributed by atoms with van der Waals surface area (Å²) in [6, 6.07) is 3.92. The Labute approximate surface area is 113 Å². The quantitative estimate of drug-likeness (QED) is 0.627. The van der Waals surface area contributed by atoms with Crippen LogP contribution in [0, 0.1) is 0 Å². The minimum absolute atomic E-state index is 0.177. The highest BCUT2D eigenvalue weighted by Crippen LogP contribution is 2.22. The second-order valence-corrected chi connectivity index (χ2v) is 4.16. The van der Waals surface area contributed by atoms with Gasteiger partial charge in [-0.25, -0.2) is 4.79 Å². The Balaban J connectivity index is 2.40. The SMILES string of the molecule is COc1cc(Cl)cc(C=C2C(=O)NC(=O)NC2=O)c1. The normalized spacial score (nSPS) is 14.8. The number of urea groups is 1. The van der Waals surface area contributed by atoms with E-state index in [0.29, 0.717) is 16.3 Å². The van der Waals surface area contributed by atoms with Gasteiger partial charge in [0.1, 0.15) is 11.3 Å². The molecule has 2 rings (SSSR count). The second-order valence-electron chi connectivity index (χ2n) is 3.72. The predicted octanol–water partition coefficient (Wildman–Crippen LogP) is 1.10. The number of hydrogen-bond acceptors (Lipinski definition) is 4. The molecule has 1 saturated heterocycles. The second kappa shape index (κ2) is 5.11. The van der Waals surface area contributed by atoms with Gasteiger partial charge in [-0.1, -0.05) is 11.6 Å². The van der Waals surface area contributed by atoms with Crippen molar-refractivity contribution in [3.05, 3.63) is 34.4 Å². The van der Waals surface area contributed by atoms with Gasteiger partial charge in [-0.05, 0) is 29.8 Å². The molecule has 1 aliphatic heterocycles. The van der Waals surface area contributed by atoms with E-state index in [9.17, 15) is 14.4 Å². The van der Waals surface area contributed by atoms with Crippen molar-refractivity contribution in [2.24, 2.45) is 0 Å². The van der Waals surface area contributed by atoms with Crippen LogP contribution in [0.5, 0.6) is 5.75 Å². The van der Waals surface area contributed by atoms with Crippen LogP contribution in [0.15, 0.2) is 23.8 Å². The molecule has 98 valence electrons. The predicted molar refractivity (Wildman–Crippen MR) is 67.7 cm³/mol. The van der Waals surface area contributed by atoms with Gasteiger partial charge in [-0.3, -0.25) is 20.2 Å². The Hall–Kier alpha value is -2.34. The van der Waals surface area contributed by atoms with E-state index in [1.54, 1.807) is 18.2 Å². The lowest BCUT2D eigenvalue weighted by molar-refractivity contribution is -0.123. The average Bonchev–Trinajstić information content (AvgIpc) is 2.33. The van der Waals surface area contributed by atoms with E-state index in [-0.39, 0.29) is 5.57 Å². The lowest BCUT2D eigenvalue weighted by Crippen LogP contribution is -2.51. The van der Waals surface area contributed by atoms with Gasteiger partial charge >= 0.3 is 6.03 Å². The van der Waals surface area contributed by atoms with Crippen LogP contribution >= 0.6 is 11.6 Å². The number of nitrogens with one attached hydrogen (secondary N) is 2. The number of ether oxygens (including phenoxy) is 1. The molecule has 2 N–H and O–H groups in total.